The third-order valence-corrected chi connectivity index (χ3v) is 7.57. The highest BCUT2D eigenvalue weighted by Crippen LogP contribution is 2.32. The van der Waals surface area contributed by atoms with Crippen LogP contribution in [0.2, 0.25) is 0 Å². The fraction of sp³-hybridized carbons (Fsp3) is 0.280. The Labute approximate surface area is 202 Å². The van der Waals surface area contributed by atoms with Crippen molar-refractivity contribution in [1.29, 1.82) is 0 Å². The van der Waals surface area contributed by atoms with E-state index in [0.717, 1.165) is 33.7 Å². The Morgan fingerprint density at radius 2 is 1.52 bits per heavy atom. The second kappa shape index (κ2) is 10.9. The number of hydrogen-bond acceptors (Lipinski definition) is 7. The monoisotopic (exact) mass is 478 g/mol. The van der Waals surface area contributed by atoms with Crippen LogP contribution in [0.1, 0.15) is 22.8 Å². The highest BCUT2D eigenvalue weighted by atomic mass is 32.2. The van der Waals surface area contributed by atoms with Crippen molar-refractivity contribution in [2.75, 3.05) is 36.8 Å². The van der Waals surface area contributed by atoms with E-state index in [1.807, 2.05) is 29.2 Å². The number of amides is 1. The van der Waals surface area contributed by atoms with E-state index >= 15 is 0 Å². The molecule has 3 aromatic rings. The molecule has 0 aliphatic carbocycles. The van der Waals surface area contributed by atoms with E-state index in [0.29, 0.717) is 24.4 Å². The third-order valence-electron chi connectivity index (χ3n) is 5.47. The first-order valence-electron chi connectivity index (χ1n) is 10.8. The number of Topliss-reactive ketones (excluding diaryl/α,β-unsaturated/α-hetero) is 1. The zero-order chi connectivity index (χ0) is 23.2. The van der Waals surface area contributed by atoms with Crippen LogP contribution in [-0.2, 0) is 4.79 Å². The van der Waals surface area contributed by atoms with Gasteiger partial charge in [0.1, 0.15) is 10.1 Å². The van der Waals surface area contributed by atoms with Crippen LogP contribution in [0.25, 0.3) is 0 Å². The largest absolute Gasteiger partial charge is 0.368 e. The molecule has 1 aliphatic heterocycles. The Morgan fingerprint density at radius 1 is 0.879 bits per heavy atom. The molecule has 0 atom stereocenters. The van der Waals surface area contributed by atoms with Gasteiger partial charge in [-0.1, -0.05) is 41.2 Å². The SMILES string of the molecule is CC(=O)c1ccc(N2CCN(C(=O)CSc3nccnc3Sc3ccc(C)cc3)CC2)cc1. The minimum absolute atomic E-state index is 0.0676. The molecule has 170 valence electrons. The van der Waals surface area contributed by atoms with Gasteiger partial charge in [-0.3, -0.25) is 9.59 Å². The number of rotatable bonds is 7. The smallest absolute Gasteiger partial charge is 0.233 e. The van der Waals surface area contributed by atoms with Crippen LogP contribution in [0.15, 0.2) is 75.9 Å². The summed E-state index contributed by atoms with van der Waals surface area (Å²) < 4.78 is 0. The normalized spacial score (nSPS) is 13.8. The maximum Gasteiger partial charge on any atom is 0.233 e. The van der Waals surface area contributed by atoms with E-state index in [4.69, 9.17) is 0 Å². The third kappa shape index (κ3) is 6.15. The Hall–Kier alpha value is -2.84. The van der Waals surface area contributed by atoms with E-state index < -0.39 is 0 Å². The van der Waals surface area contributed by atoms with Crippen LogP contribution in [0.5, 0.6) is 0 Å². The molecule has 1 saturated heterocycles. The van der Waals surface area contributed by atoms with E-state index in [2.05, 4.69) is 46.1 Å². The number of carbonyl (C=O) groups excluding carboxylic acids is 2. The van der Waals surface area contributed by atoms with E-state index in [1.165, 1.54) is 17.3 Å². The lowest BCUT2D eigenvalue weighted by atomic mass is 10.1. The minimum Gasteiger partial charge on any atom is -0.368 e. The molecule has 0 bridgehead atoms. The number of aromatic nitrogens is 2. The number of thioether (sulfide) groups is 1. The molecule has 1 fully saturated rings. The second-order valence-electron chi connectivity index (χ2n) is 7.84. The molecule has 2 aromatic carbocycles. The molecule has 0 spiro atoms. The summed E-state index contributed by atoms with van der Waals surface area (Å²) in [7, 11) is 0. The van der Waals surface area contributed by atoms with Gasteiger partial charge in [-0.05, 0) is 50.2 Å². The summed E-state index contributed by atoms with van der Waals surface area (Å²) in [6, 6.07) is 16.0. The fourth-order valence-electron chi connectivity index (χ4n) is 3.54. The van der Waals surface area contributed by atoms with Crippen LogP contribution in [0.3, 0.4) is 0 Å². The highest BCUT2D eigenvalue weighted by Gasteiger charge is 2.22. The van der Waals surface area contributed by atoms with Gasteiger partial charge in [-0.25, -0.2) is 9.97 Å². The molecule has 0 unspecified atom stereocenters. The van der Waals surface area contributed by atoms with Gasteiger partial charge in [0.15, 0.2) is 5.78 Å². The summed E-state index contributed by atoms with van der Waals surface area (Å²) in [4.78, 5) is 38.5. The molecular formula is C25H26N4O2S2. The summed E-state index contributed by atoms with van der Waals surface area (Å²) in [6.45, 7) is 6.54. The number of hydrogen-bond donors (Lipinski definition) is 0. The predicted molar refractivity (Wildman–Crippen MR) is 133 cm³/mol. The van der Waals surface area contributed by atoms with E-state index in [9.17, 15) is 9.59 Å². The Morgan fingerprint density at radius 3 is 2.15 bits per heavy atom. The number of piperazine rings is 1. The Kier molecular flexibility index (Phi) is 7.67. The van der Waals surface area contributed by atoms with Crippen molar-refractivity contribution in [3.63, 3.8) is 0 Å². The summed E-state index contributed by atoms with van der Waals surface area (Å²) in [5, 5.41) is 1.60. The van der Waals surface area contributed by atoms with Crippen LogP contribution < -0.4 is 4.90 Å². The molecule has 1 aromatic heterocycles. The molecular weight excluding hydrogens is 452 g/mol. The van der Waals surface area contributed by atoms with Gasteiger partial charge in [0.05, 0.1) is 5.75 Å². The number of aryl methyl sites for hydroxylation is 1. The molecule has 0 saturated carbocycles. The summed E-state index contributed by atoms with van der Waals surface area (Å²) in [6.07, 6.45) is 3.35. The van der Waals surface area contributed by atoms with Gasteiger partial charge < -0.3 is 9.80 Å². The number of nitrogens with zero attached hydrogens (tertiary/aromatic N) is 4. The molecule has 2 heterocycles. The lowest BCUT2D eigenvalue weighted by Crippen LogP contribution is -2.49. The first-order valence-corrected chi connectivity index (χ1v) is 12.6. The van der Waals surface area contributed by atoms with Gasteiger partial charge in [-0.15, -0.1) is 0 Å². The van der Waals surface area contributed by atoms with Crippen molar-refractivity contribution >= 4 is 40.9 Å². The van der Waals surface area contributed by atoms with E-state index in [-0.39, 0.29) is 11.7 Å². The zero-order valence-electron chi connectivity index (χ0n) is 18.7. The maximum absolute atomic E-state index is 12.8. The Balaban J connectivity index is 1.30. The number of carbonyl (C=O) groups is 2. The standard InChI is InChI=1S/C25H26N4O2S2/c1-18-3-9-22(10-4-18)33-25-24(26-11-12-27-25)32-17-23(31)29-15-13-28(14-16-29)21-7-5-20(6-8-21)19(2)30/h3-12H,13-17H2,1-2H3. The molecule has 1 amide bonds. The van der Waals surface area contributed by atoms with Crippen molar-refractivity contribution in [2.45, 2.75) is 28.8 Å². The van der Waals surface area contributed by atoms with Gasteiger partial charge in [0, 0.05) is 54.7 Å². The zero-order valence-corrected chi connectivity index (χ0v) is 20.4. The quantitative estimate of drug-likeness (QED) is 0.364. The first kappa shape index (κ1) is 23.3. The number of benzene rings is 2. The fourth-order valence-corrected chi connectivity index (χ4v) is 5.35. The average Bonchev–Trinajstić information content (AvgIpc) is 2.85. The van der Waals surface area contributed by atoms with Gasteiger partial charge in [-0.2, -0.15) is 0 Å². The molecule has 8 heteroatoms. The van der Waals surface area contributed by atoms with Crippen LogP contribution in [0.4, 0.5) is 5.69 Å². The van der Waals surface area contributed by atoms with Crippen molar-refractivity contribution in [1.82, 2.24) is 14.9 Å². The first-order chi connectivity index (χ1) is 16.0. The van der Waals surface area contributed by atoms with Crippen molar-refractivity contribution in [2.24, 2.45) is 0 Å². The summed E-state index contributed by atoms with van der Waals surface area (Å²) in [5.74, 6) is 0.523. The maximum atomic E-state index is 12.8. The Bertz CT molecular complexity index is 1110. The molecule has 4 rings (SSSR count). The van der Waals surface area contributed by atoms with Crippen LogP contribution >= 0.6 is 23.5 Å². The molecule has 6 nitrogen and oxygen atoms in total. The lowest BCUT2D eigenvalue weighted by Gasteiger charge is -2.36. The lowest BCUT2D eigenvalue weighted by molar-refractivity contribution is -0.128. The van der Waals surface area contributed by atoms with Crippen LogP contribution in [-0.4, -0.2) is 58.5 Å². The minimum atomic E-state index is 0.0676. The van der Waals surface area contributed by atoms with Crippen molar-refractivity contribution in [3.8, 4) is 0 Å². The van der Waals surface area contributed by atoms with Gasteiger partial charge >= 0.3 is 0 Å². The molecule has 1 aliphatic rings. The van der Waals surface area contributed by atoms with Gasteiger partial charge in [0.2, 0.25) is 5.91 Å². The molecule has 0 N–H and O–H groups in total. The van der Waals surface area contributed by atoms with Crippen molar-refractivity contribution in [3.05, 3.63) is 72.1 Å². The summed E-state index contributed by atoms with van der Waals surface area (Å²) >= 11 is 3.01. The van der Waals surface area contributed by atoms with Crippen molar-refractivity contribution < 1.29 is 9.59 Å². The molecule has 33 heavy (non-hydrogen) atoms. The summed E-state index contributed by atoms with van der Waals surface area (Å²) in [5.41, 5.74) is 3.01. The topological polar surface area (TPSA) is 66.4 Å². The predicted octanol–water partition coefficient (Wildman–Crippen LogP) is 4.58. The van der Waals surface area contributed by atoms with E-state index in [1.54, 1.807) is 31.1 Å². The van der Waals surface area contributed by atoms with Crippen LogP contribution in [0, 0.1) is 6.92 Å². The number of anilines is 1. The number of ketones is 1. The van der Waals surface area contributed by atoms with Gasteiger partial charge in [0.25, 0.3) is 0 Å². The second-order valence-corrected chi connectivity index (χ2v) is 9.87. The highest BCUT2D eigenvalue weighted by molar-refractivity contribution is 8.02. The molecule has 0 radical (unpaired) electrons. The average molecular weight is 479 g/mol.